The predicted molar refractivity (Wildman–Crippen MR) is 71.8 cm³/mol. The zero-order valence-electron chi connectivity index (χ0n) is 10.3. The van der Waals surface area contributed by atoms with Gasteiger partial charge in [0.1, 0.15) is 11.9 Å². The fourth-order valence-corrected chi connectivity index (χ4v) is 2.05. The summed E-state index contributed by atoms with van der Waals surface area (Å²) < 4.78 is 0. The zero-order valence-corrected chi connectivity index (χ0v) is 10.3. The molecule has 1 heterocycles. The van der Waals surface area contributed by atoms with Crippen LogP contribution in [0.5, 0.6) is 0 Å². The molecule has 0 radical (unpaired) electrons. The molecule has 1 aliphatic rings. The van der Waals surface area contributed by atoms with Gasteiger partial charge in [-0.25, -0.2) is 5.01 Å². The van der Waals surface area contributed by atoms with Crippen molar-refractivity contribution in [3.63, 3.8) is 0 Å². The summed E-state index contributed by atoms with van der Waals surface area (Å²) in [6.07, 6.45) is 1.85. The minimum absolute atomic E-state index is 0.00482. The van der Waals surface area contributed by atoms with E-state index in [2.05, 4.69) is 23.8 Å². The van der Waals surface area contributed by atoms with Crippen LogP contribution in [0.15, 0.2) is 35.4 Å². The fraction of sp³-hybridized carbons (Fsp3) is 0.385. The highest BCUT2D eigenvalue weighted by atomic mass is 15.5. The molecule has 4 heteroatoms. The molecule has 0 fully saturated rings. The summed E-state index contributed by atoms with van der Waals surface area (Å²) in [5.41, 5.74) is 0.948. The number of rotatable bonds is 4. The van der Waals surface area contributed by atoms with Gasteiger partial charge >= 0.3 is 0 Å². The lowest BCUT2D eigenvalue weighted by atomic mass is 10.2. The number of hydrogen-bond acceptors (Lipinski definition) is 3. The number of hydrogen-bond donors (Lipinski definition) is 1. The third-order valence-corrected chi connectivity index (χ3v) is 3.04. The monoisotopic (exact) mass is 230 g/mol. The first kappa shape index (κ1) is 11.8. The first-order valence-corrected chi connectivity index (χ1v) is 5.99. The highest BCUT2D eigenvalue weighted by molar-refractivity contribution is 6.12. The Bertz CT molecular complexity index is 409. The molecule has 0 bridgehead atoms. The molecule has 0 amide bonds. The van der Waals surface area contributed by atoms with E-state index in [0.29, 0.717) is 5.84 Å². The average Bonchev–Trinajstić information content (AvgIpc) is 2.75. The van der Waals surface area contributed by atoms with Crippen LogP contribution in [0.3, 0.4) is 0 Å². The summed E-state index contributed by atoms with van der Waals surface area (Å²) in [4.78, 5) is 2.22. The molecule has 4 nitrogen and oxygen atoms in total. The molecule has 90 valence electrons. The third kappa shape index (κ3) is 2.22. The Balaban J connectivity index is 2.16. The van der Waals surface area contributed by atoms with E-state index in [1.54, 1.807) is 5.01 Å². The number of likely N-dealkylation sites (N-methyl/N-ethyl adjacent to an activating group) is 1. The van der Waals surface area contributed by atoms with Crippen LogP contribution < -0.4 is 5.01 Å². The third-order valence-electron chi connectivity index (χ3n) is 3.04. The van der Waals surface area contributed by atoms with Crippen molar-refractivity contribution in [3.05, 3.63) is 30.3 Å². The summed E-state index contributed by atoms with van der Waals surface area (Å²) in [7, 11) is 0. The Morgan fingerprint density at radius 2 is 1.88 bits per heavy atom. The van der Waals surface area contributed by atoms with E-state index in [0.717, 1.165) is 18.8 Å². The van der Waals surface area contributed by atoms with Gasteiger partial charge < -0.3 is 0 Å². The highest BCUT2D eigenvalue weighted by Gasteiger charge is 2.29. The maximum absolute atomic E-state index is 8.20. The maximum Gasteiger partial charge on any atom is 0.145 e. The Morgan fingerprint density at radius 1 is 1.24 bits per heavy atom. The van der Waals surface area contributed by atoms with Crippen molar-refractivity contribution in [2.24, 2.45) is 5.10 Å². The van der Waals surface area contributed by atoms with Crippen LogP contribution in [-0.2, 0) is 0 Å². The van der Waals surface area contributed by atoms with Crippen molar-refractivity contribution in [1.82, 2.24) is 4.90 Å². The summed E-state index contributed by atoms with van der Waals surface area (Å²) in [5.74, 6) is 0.528. The Kier molecular flexibility index (Phi) is 3.54. The molecule has 0 aromatic heterocycles. The topological polar surface area (TPSA) is 42.7 Å². The van der Waals surface area contributed by atoms with Gasteiger partial charge in [-0.05, 0) is 25.2 Å². The largest absolute Gasteiger partial charge is 0.289 e. The molecule has 1 aromatic carbocycles. The van der Waals surface area contributed by atoms with Gasteiger partial charge in [-0.1, -0.05) is 32.0 Å². The number of benzene rings is 1. The van der Waals surface area contributed by atoms with Crippen LogP contribution in [0.4, 0.5) is 5.69 Å². The van der Waals surface area contributed by atoms with Gasteiger partial charge in [0.15, 0.2) is 0 Å². The van der Waals surface area contributed by atoms with Gasteiger partial charge in [0, 0.05) is 0 Å². The second kappa shape index (κ2) is 5.10. The van der Waals surface area contributed by atoms with Crippen molar-refractivity contribution < 1.29 is 0 Å². The molecule has 17 heavy (non-hydrogen) atoms. The molecule has 0 saturated heterocycles. The van der Waals surface area contributed by atoms with Crippen LogP contribution in [0.2, 0.25) is 0 Å². The van der Waals surface area contributed by atoms with Crippen molar-refractivity contribution >= 4 is 17.7 Å². The van der Waals surface area contributed by atoms with E-state index in [4.69, 9.17) is 5.41 Å². The van der Waals surface area contributed by atoms with Gasteiger partial charge in [-0.2, -0.15) is 5.10 Å². The smallest absolute Gasteiger partial charge is 0.145 e. The predicted octanol–water partition coefficient (Wildman–Crippen LogP) is 2.18. The number of hydrazone groups is 1. The van der Waals surface area contributed by atoms with Crippen molar-refractivity contribution in [3.8, 4) is 0 Å². The van der Waals surface area contributed by atoms with Crippen LogP contribution in [0, 0.1) is 5.41 Å². The normalized spacial score (nSPS) is 19.4. The molecule has 0 spiro atoms. The van der Waals surface area contributed by atoms with Gasteiger partial charge in [0.2, 0.25) is 0 Å². The van der Waals surface area contributed by atoms with Gasteiger partial charge in [-0.3, -0.25) is 10.3 Å². The van der Waals surface area contributed by atoms with Crippen LogP contribution in [0.25, 0.3) is 0 Å². The van der Waals surface area contributed by atoms with Gasteiger partial charge in [0.25, 0.3) is 0 Å². The molecule has 0 aliphatic carbocycles. The zero-order chi connectivity index (χ0) is 12.3. The molecule has 1 atom stereocenters. The van der Waals surface area contributed by atoms with Gasteiger partial charge in [0.05, 0.1) is 11.9 Å². The first-order chi connectivity index (χ1) is 8.27. The SMILES string of the molecule is CCN(CC)C1C=NN(c2ccccc2)C1=N. The van der Waals surface area contributed by atoms with Crippen LogP contribution in [-0.4, -0.2) is 36.1 Å². The Morgan fingerprint density at radius 3 is 2.47 bits per heavy atom. The molecule has 1 aromatic rings. The summed E-state index contributed by atoms with van der Waals surface area (Å²) in [6, 6.07) is 9.83. The summed E-state index contributed by atoms with van der Waals surface area (Å²) in [6.45, 7) is 6.07. The highest BCUT2D eigenvalue weighted by Crippen LogP contribution is 2.20. The Labute approximate surface area is 102 Å². The lowest BCUT2D eigenvalue weighted by Crippen LogP contribution is -2.43. The molecule has 1 N–H and O–H groups in total. The van der Waals surface area contributed by atoms with E-state index in [-0.39, 0.29) is 6.04 Å². The second-order valence-corrected chi connectivity index (χ2v) is 3.96. The van der Waals surface area contributed by atoms with E-state index in [1.807, 2.05) is 36.5 Å². The van der Waals surface area contributed by atoms with Crippen molar-refractivity contribution in [1.29, 1.82) is 5.41 Å². The van der Waals surface area contributed by atoms with Crippen LogP contribution in [0.1, 0.15) is 13.8 Å². The average molecular weight is 230 g/mol. The number of anilines is 1. The van der Waals surface area contributed by atoms with Gasteiger partial charge in [-0.15, -0.1) is 0 Å². The molecule has 0 saturated carbocycles. The lowest BCUT2D eigenvalue weighted by Gasteiger charge is -2.25. The van der Waals surface area contributed by atoms with Crippen LogP contribution >= 0.6 is 0 Å². The summed E-state index contributed by atoms with van der Waals surface area (Å²) in [5, 5.41) is 14.2. The fourth-order valence-electron chi connectivity index (χ4n) is 2.05. The number of nitrogens with one attached hydrogen (secondary N) is 1. The van der Waals surface area contributed by atoms with E-state index in [9.17, 15) is 0 Å². The number of amidine groups is 1. The van der Waals surface area contributed by atoms with E-state index in [1.165, 1.54) is 0 Å². The molecular weight excluding hydrogens is 212 g/mol. The molecule has 2 rings (SSSR count). The summed E-state index contributed by atoms with van der Waals surface area (Å²) >= 11 is 0. The minimum atomic E-state index is 0.00482. The van der Waals surface area contributed by atoms with Crippen molar-refractivity contribution in [2.45, 2.75) is 19.9 Å². The first-order valence-electron chi connectivity index (χ1n) is 5.99. The number of nitrogens with zero attached hydrogens (tertiary/aromatic N) is 3. The minimum Gasteiger partial charge on any atom is -0.289 e. The Hall–Kier alpha value is -1.68. The lowest BCUT2D eigenvalue weighted by molar-refractivity contribution is 0.316. The van der Waals surface area contributed by atoms with Crippen molar-refractivity contribution in [2.75, 3.05) is 18.1 Å². The molecule has 1 unspecified atom stereocenters. The quantitative estimate of drug-likeness (QED) is 0.861. The second-order valence-electron chi connectivity index (χ2n) is 3.96. The van der Waals surface area contributed by atoms with E-state index >= 15 is 0 Å². The number of para-hydroxylation sites is 1. The van der Waals surface area contributed by atoms with E-state index < -0.39 is 0 Å². The maximum atomic E-state index is 8.20. The standard InChI is InChI=1S/C13H18N4/c1-3-16(4-2)12-10-15-17(13(12)14)11-8-6-5-7-9-11/h5-10,12,14H,3-4H2,1-2H3. The molecular formula is C13H18N4. The molecule has 1 aliphatic heterocycles.